The summed E-state index contributed by atoms with van der Waals surface area (Å²) in [5, 5.41) is 3.38. The molecule has 0 bridgehead atoms. The van der Waals surface area contributed by atoms with Gasteiger partial charge in [-0.05, 0) is 45.6 Å². The molecule has 0 saturated carbocycles. The second-order valence-corrected chi connectivity index (χ2v) is 6.77. The second kappa shape index (κ2) is 9.44. The van der Waals surface area contributed by atoms with Crippen LogP contribution in [0.1, 0.15) is 36.5 Å². The number of likely N-dealkylation sites (tertiary alicyclic amines) is 1. The lowest BCUT2D eigenvalue weighted by molar-refractivity contribution is -0.146. The summed E-state index contributed by atoms with van der Waals surface area (Å²) in [6, 6.07) is 6.66. The fourth-order valence-corrected chi connectivity index (χ4v) is 3.42. The highest BCUT2D eigenvalue weighted by molar-refractivity contribution is 5.80. The van der Waals surface area contributed by atoms with Crippen LogP contribution in [0, 0.1) is 19.8 Å². The van der Waals surface area contributed by atoms with Crippen LogP contribution in [0.2, 0.25) is 0 Å². The third-order valence-corrected chi connectivity index (χ3v) is 4.61. The van der Waals surface area contributed by atoms with Crippen molar-refractivity contribution in [3.8, 4) is 0 Å². The van der Waals surface area contributed by atoms with Crippen LogP contribution in [0.4, 0.5) is 0 Å². The van der Waals surface area contributed by atoms with E-state index < -0.39 is 0 Å². The van der Waals surface area contributed by atoms with Crippen molar-refractivity contribution in [1.82, 2.24) is 10.2 Å². The van der Waals surface area contributed by atoms with Gasteiger partial charge >= 0.3 is 5.97 Å². The molecule has 0 spiro atoms. The molecule has 1 heterocycles. The maximum absolute atomic E-state index is 11.7. The van der Waals surface area contributed by atoms with Crippen LogP contribution in [0.15, 0.2) is 23.2 Å². The summed E-state index contributed by atoms with van der Waals surface area (Å²) in [6.45, 7) is 9.65. The molecular formula is C20H31N3O2. The summed E-state index contributed by atoms with van der Waals surface area (Å²) in [6.07, 6.45) is 2.60. The summed E-state index contributed by atoms with van der Waals surface area (Å²) in [5.74, 6) is 0.894. The molecule has 0 unspecified atom stereocenters. The Hall–Kier alpha value is -2.04. The lowest BCUT2D eigenvalue weighted by Crippen LogP contribution is -2.46. The van der Waals surface area contributed by atoms with Crippen molar-refractivity contribution in [2.75, 3.05) is 33.3 Å². The van der Waals surface area contributed by atoms with E-state index in [1.54, 1.807) is 0 Å². The van der Waals surface area contributed by atoms with Gasteiger partial charge in [0.1, 0.15) is 0 Å². The number of piperidine rings is 1. The number of hydrogen-bond donors (Lipinski definition) is 1. The van der Waals surface area contributed by atoms with Gasteiger partial charge in [0.05, 0.1) is 13.0 Å². The number of benzene rings is 1. The number of ether oxygens (including phenoxy) is 1. The van der Waals surface area contributed by atoms with Crippen molar-refractivity contribution in [2.24, 2.45) is 10.9 Å². The summed E-state index contributed by atoms with van der Waals surface area (Å²) < 4.78 is 4.86. The first-order valence-electron chi connectivity index (χ1n) is 9.21. The van der Waals surface area contributed by atoms with Gasteiger partial charge in [0.15, 0.2) is 5.96 Å². The van der Waals surface area contributed by atoms with Gasteiger partial charge in [-0.15, -0.1) is 0 Å². The average molecular weight is 345 g/mol. The highest BCUT2D eigenvalue weighted by Gasteiger charge is 2.26. The van der Waals surface area contributed by atoms with E-state index in [9.17, 15) is 4.79 Å². The zero-order valence-corrected chi connectivity index (χ0v) is 16.0. The molecule has 1 N–H and O–H groups in total. The largest absolute Gasteiger partial charge is 0.469 e. The molecule has 0 radical (unpaired) electrons. The molecule has 25 heavy (non-hydrogen) atoms. The van der Waals surface area contributed by atoms with E-state index in [-0.39, 0.29) is 11.9 Å². The molecular weight excluding hydrogens is 314 g/mol. The van der Waals surface area contributed by atoms with Gasteiger partial charge in [-0.25, -0.2) is 0 Å². The molecule has 1 fully saturated rings. The van der Waals surface area contributed by atoms with E-state index in [1.807, 2.05) is 0 Å². The summed E-state index contributed by atoms with van der Waals surface area (Å²) in [4.78, 5) is 18.7. The van der Waals surface area contributed by atoms with E-state index in [1.165, 1.54) is 23.8 Å². The molecule has 2 rings (SSSR count). The lowest BCUT2D eigenvalue weighted by atomic mass is 9.97. The van der Waals surface area contributed by atoms with Gasteiger partial charge < -0.3 is 15.0 Å². The summed E-state index contributed by atoms with van der Waals surface area (Å²) in [7, 11) is 1.47. The summed E-state index contributed by atoms with van der Waals surface area (Å²) >= 11 is 0. The number of nitrogens with zero attached hydrogens (tertiary/aromatic N) is 2. The number of guanidine groups is 1. The average Bonchev–Trinajstić information content (AvgIpc) is 2.59. The minimum absolute atomic E-state index is 0.0272. The maximum Gasteiger partial charge on any atom is 0.308 e. The van der Waals surface area contributed by atoms with E-state index in [0.29, 0.717) is 0 Å². The highest BCUT2D eigenvalue weighted by Crippen LogP contribution is 2.18. The lowest BCUT2D eigenvalue weighted by Gasteiger charge is -2.33. The first-order valence-corrected chi connectivity index (χ1v) is 9.21. The Balaban J connectivity index is 1.93. The van der Waals surface area contributed by atoms with Crippen LogP contribution < -0.4 is 5.32 Å². The number of rotatable bonds is 5. The third-order valence-electron chi connectivity index (χ3n) is 4.61. The predicted octanol–water partition coefficient (Wildman–Crippen LogP) is 2.70. The molecule has 1 aromatic carbocycles. The smallest absolute Gasteiger partial charge is 0.308 e. The van der Waals surface area contributed by atoms with Crippen LogP contribution in [-0.4, -0.2) is 50.1 Å². The molecule has 138 valence electrons. The topological polar surface area (TPSA) is 53.9 Å². The molecule has 1 saturated heterocycles. The van der Waals surface area contributed by atoms with E-state index in [0.717, 1.165) is 51.4 Å². The number of carbonyl (C=O) groups excluding carboxylic acids is 1. The minimum atomic E-state index is -0.0867. The standard InChI is InChI=1S/C20H31N3O2/c1-5-21-20(23-10-7-18(8-11-23)19(24)25-4)22-9-6-17-13-15(2)12-16(3)14-17/h12-14,18H,5-11H2,1-4H3,(H,21,22). The van der Waals surface area contributed by atoms with E-state index >= 15 is 0 Å². The highest BCUT2D eigenvalue weighted by atomic mass is 16.5. The fourth-order valence-electron chi connectivity index (χ4n) is 3.42. The predicted molar refractivity (Wildman–Crippen MR) is 102 cm³/mol. The summed E-state index contributed by atoms with van der Waals surface area (Å²) in [5.41, 5.74) is 3.94. The van der Waals surface area contributed by atoms with Gasteiger partial charge in [0.2, 0.25) is 0 Å². The Kier molecular flexibility index (Phi) is 7.29. The fraction of sp³-hybridized carbons (Fsp3) is 0.600. The molecule has 1 aromatic rings. The normalized spacial score (nSPS) is 16.0. The van der Waals surface area contributed by atoms with Crippen molar-refractivity contribution in [2.45, 2.75) is 40.0 Å². The quantitative estimate of drug-likeness (QED) is 0.506. The van der Waals surface area contributed by atoms with Crippen LogP contribution >= 0.6 is 0 Å². The molecule has 1 aliphatic heterocycles. The van der Waals surface area contributed by atoms with Crippen molar-refractivity contribution >= 4 is 11.9 Å². The molecule has 0 atom stereocenters. The molecule has 5 nitrogen and oxygen atoms in total. The van der Waals surface area contributed by atoms with E-state index in [4.69, 9.17) is 9.73 Å². The Morgan fingerprint density at radius 1 is 1.24 bits per heavy atom. The third kappa shape index (κ3) is 5.76. The van der Waals surface area contributed by atoms with Crippen molar-refractivity contribution in [3.63, 3.8) is 0 Å². The number of aliphatic imine (C=N–C) groups is 1. The number of esters is 1. The molecule has 0 amide bonds. The van der Waals surface area contributed by atoms with Gasteiger partial charge in [0, 0.05) is 26.2 Å². The number of hydrogen-bond acceptors (Lipinski definition) is 3. The molecule has 0 aromatic heterocycles. The van der Waals surface area contributed by atoms with Crippen LogP contribution in [0.3, 0.4) is 0 Å². The minimum Gasteiger partial charge on any atom is -0.469 e. The Morgan fingerprint density at radius 3 is 2.44 bits per heavy atom. The first kappa shape index (κ1) is 19.3. The monoisotopic (exact) mass is 345 g/mol. The van der Waals surface area contributed by atoms with Crippen molar-refractivity contribution in [3.05, 3.63) is 34.9 Å². The van der Waals surface area contributed by atoms with E-state index in [2.05, 4.69) is 49.2 Å². The van der Waals surface area contributed by atoms with Gasteiger partial charge in [-0.2, -0.15) is 0 Å². The van der Waals surface area contributed by atoms with Gasteiger partial charge in [0.25, 0.3) is 0 Å². The Morgan fingerprint density at radius 2 is 1.88 bits per heavy atom. The number of carbonyl (C=O) groups is 1. The van der Waals surface area contributed by atoms with Gasteiger partial charge in [-0.3, -0.25) is 9.79 Å². The van der Waals surface area contributed by atoms with Crippen LogP contribution in [-0.2, 0) is 16.0 Å². The van der Waals surface area contributed by atoms with Gasteiger partial charge in [-0.1, -0.05) is 29.3 Å². The van der Waals surface area contributed by atoms with Crippen molar-refractivity contribution in [1.29, 1.82) is 0 Å². The Labute approximate surface area is 151 Å². The molecule has 1 aliphatic rings. The number of methoxy groups -OCH3 is 1. The van der Waals surface area contributed by atoms with Crippen molar-refractivity contribution < 1.29 is 9.53 Å². The zero-order chi connectivity index (χ0) is 18.2. The van der Waals surface area contributed by atoms with Crippen LogP contribution in [0.5, 0.6) is 0 Å². The maximum atomic E-state index is 11.7. The molecule has 5 heteroatoms. The zero-order valence-electron chi connectivity index (χ0n) is 16.0. The number of aryl methyl sites for hydroxylation is 2. The number of nitrogens with one attached hydrogen (secondary N) is 1. The SMILES string of the molecule is CCNC(=NCCc1cc(C)cc(C)c1)N1CCC(C(=O)OC)CC1. The first-order chi connectivity index (χ1) is 12.0. The van der Waals surface area contributed by atoms with Crippen LogP contribution in [0.25, 0.3) is 0 Å². The molecule has 0 aliphatic carbocycles. The second-order valence-electron chi connectivity index (χ2n) is 6.77. The Bertz CT molecular complexity index is 585.